The van der Waals surface area contributed by atoms with Crippen molar-refractivity contribution in [2.75, 3.05) is 32.7 Å². The van der Waals surface area contributed by atoms with E-state index in [0.717, 1.165) is 37.0 Å². The minimum atomic E-state index is -0.0526. The number of nitrogens with zero attached hydrogens (tertiary/aromatic N) is 5. The number of nitrogens with one attached hydrogen (secondary N) is 1. The van der Waals surface area contributed by atoms with Crippen LogP contribution in [0.2, 0.25) is 0 Å². The number of aryl methyl sites for hydroxylation is 2. The predicted octanol–water partition coefficient (Wildman–Crippen LogP) is 1.55. The topological polar surface area (TPSA) is 78.9 Å². The highest BCUT2D eigenvalue weighted by molar-refractivity contribution is 5.91. The van der Waals surface area contributed by atoms with Gasteiger partial charge in [-0.15, -0.1) is 0 Å². The highest BCUT2D eigenvalue weighted by Gasteiger charge is 2.25. The molecule has 0 aromatic carbocycles. The number of aliphatic imine (C=N–C) groups is 1. The Morgan fingerprint density at radius 1 is 1.26 bits per heavy atom. The van der Waals surface area contributed by atoms with E-state index in [0.29, 0.717) is 25.4 Å². The monoisotopic (exact) mass is 372 g/mol. The molecule has 8 heteroatoms. The molecule has 0 radical (unpaired) electrons. The summed E-state index contributed by atoms with van der Waals surface area (Å²) in [7, 11) is 1.95. The molecule has 27 heavy (non-hydrogen) atoms. The molecule has 0 bridgehead atoms. The lowest BCUT2D eigenvalue weighted by Gasteiger charge is -2.36. The summed E-state index contributed by atoms with van der Waals surface area (Å²) in [5, 5.41) is 7.83. The van der Waals surface area contributed by atoms with Gasteiger partial charge in [-0.05, 0) is 32.9 Å². The van der Waals surface area contributed by atoms with Crippen molar-refractivity contribution in [2.24, 2.45) is 12.0 Å². The van der Waals surface area contributed by atoms with Gasteiger partial charge in [-0.25, -0.2) is 4.99 Å². The molecular formula is C19H28N6O2. The number of piperazine rings is 1. The van der Waals surface area contributed by atoms with E-state index < -0.39 is 0 Å². The van der Waals surface area contributed by atoms with Crippen LogP contribution in [0, 0.1) is 13.8 Å². The molecule has 2 aromatic heterocycles. The van der Waals surface area contributed by atoms with E-state index in [9.17, 15) is 4.79 Å². The SMILES string of the molecule is CCNC(=NCc1c(C)nn(C)c1C)N1CCN(C(=O)c2ccco2)CC1. The highest BCUT2D eigenvalue weighted by Crippen LogP contribution is 2.14. The molecule has 3 heterocycles. The van der Waals surface area contributed by atoms with Crippen molar-refractivity contribution >= 4 is 11.9 Å². The molecule has 1 amide bonds. The predicted molar refractivity (Wildman–Crippen MR) is 104 cm³/mol. The Labute approximate surface area is 159 Å². The number of guanidine groups is 1. The van der Waals surface area contributed by atoms with Gasteiger partial charge < -0.3 is 19.5 Å². The lowest BCUT2D eigenvalue weighted by atomic mass is 10.2. The molecule has 1 N–H and O–H groups in total. The van der Waals surface area contributed by atoms with Crippen LogP contribution in [0.1, 0.15) is 34.4 Å². The molecule has 2 aromatic rings. The van der Waals surface area contributed by atoms with Crippen molar-refractivity contribution in [1.82, 2.24) is 24.9 Å². The summed E-state index contributed by atoms with van der Waals surface area (Å²) in [4.78, 5) is 21.3. The van der Waals surface area contributed by atoms with Crippen LogP contribution in [0.4, 0.5) is 0 Å². The summed E-state index contributed by atoms with van der Waals surface area (Å²) < 4.78 is 7.12. The van der Waals surface area contributed by atoms with Gasteiger partial charge in [0.25, 0.3) is 5.91 Å². The van der Waals surface area contributed by atoms with Crippen LogP contribution < -0.4 is 5.32 Å². The summed E-state index contributed by atoms with van der Waals surface area (Å²) in [6.45, 7) is 10.3. The summed E-state index contributed by atoms with van der Waals surface area (Å²) in [6.07, 6.45) is 1.53. The molecule has 8 nitrogen and oxygen atoms in total. The molecule has 0 atom stereocenters. The maximum atomic E-state index is 12.4. The van der Waals surface area contributed by atoms with Crippen LogP contribution in [-0.4, -0.2) is 64.2 Å². The molecule has 1 fully saturated rings. The third-order valence-corrected chi connectivity index (χ3v) is 4.98. The Morgan fingerprint density at radius 2 is 1.96 bits per heavy atom. The van der Waals surface area contributed by atoms with E-state index in [1.54, 1.807) is 12.1 Å². The first-order valence-electron chi connectivity index (χ1n) is 9.36. The van der Waals surface area contributed by atoms with Crippen LogP contribution in [0.25, 0.3) is 0 Å². The molecule has 0 unspecified atom stereocenters. The maximum absolute atomic E-state index is 12.4. The van der Waals surface area contributed by atoms with Crippen molar-refractivity contribution < 1.29 is 9.21 Å². The van der Waals surface area contributed by atoms with Crippen molar-refractivity contribution in [1.29, 1.82) is 0 Å². The number of furan rings is 1. The molecule has 146 valence electrons. The first-order chi connectivity index (χ1) is 13.0. The zero-order chi connectivity index (χ0) is 19.4. The molecule has 1 aliphatic heterocycles. The zero-order valence-corrected chi connectivity index (χ0v) is 16.5. The molecule has 0 aliphatic carbocycles. The Morgan fingerprint density at radius 3 is 2.52 bits per heavy atom. The second kappa shape index (κ2) is 8.28. The standard InChI is InChI=1S/C19H28N6O2/c1-5-20-19(21-13-16-14(2)22-23(4)15(16)3)25-10-8-24(9-11-25)18(26)17-7-6-12-27-17/h6-7,12H,5,8-11,13H2,1-4H3,(H,20,21). The van der Waals surface area contributed by atoms with Gasteiger partial charge in [0, 0.05) is 51.0 Å². The molecular weight excluding hydrogens is 344 g/mol. The highest BCUT2D eigenvalue weighted by atomic mass is 16.3. The second-order valence-electron chi connectivity index (χ2n) is 6.70. The number of carbonyl (C=O) groups excluding carboxylic acids is 1. The van der Waals surface area contributed by atoms with Gasteiger partial charge in [0.05, 0.1) is 18.5 Å². The van der Waals surface area contributed by atoms with Crippen molar-refractivity contribution in [3.8, 4) is 0 Å². The Kier molecular flexibility index (Phi) is 5.83. The molecule has 1 aliphatic rings. The van der Waals surface area contributed by atoms with Gasteiger partial charge in [0.1, 0.15) is 0 Å². The summed E-state index contributed by atoms with van der Waals surface area (Å²) in [5.41, 5.74) is 3.32. The Bertz CT molecular complexity index is 801. The van der Waals surface area contributed by atoms with Gasteiger partial charge in [0.15, 0.2) is 11.7 Å². The van der Waals surface area contributed by atoms with E-state index in [1.807, 2.05) is 23.6 Å². The number of hydrogen-bond donors (Lipinski definition) is 1. The smallest absolute Gasteiger partial charge is 0.289 e. The average molecular weight is 372 g/mol. The van der Waals surface area contributed by atoms with E-state index >= 15 is 0 Å². The Hall–Kier alpha value is -2.77. The fourth-order valence-corrected chi connectivity index (χ4v) is 3.30. The number of carbonyl (C=O) groups is 1. The molecule has 1 saturated heterocycles. The molecule has 0 saturated carbocycles. The number of amides is 1. The first-order valence-corrected chi connectivity index (χ1v) is 9.36. The van der Waals surface area contributed by atoms with Gasteiger partial charge in [0.2, 0.25) is 0 Å². The maximum Gasteiger partial charge on any atom is 0.289 e. The van der Waals surface area contributed by atoms with Crippen molar-refractivity contribution in [3.63, 3.8) is 0 Å². The molecule has 0 spiro atoms. The van der Waals surface area contributed by atoms with Crippen LogP contribution >= 0.6 is 0 Å². The molecule has 3 rings (SSSR count). The van der Waals surface area contributed by atoms with Crippen molar-refractivity contribution in [2.45, 2.75) is 27.3 Å². The lowest BCUT2D eigenvalue weighted by molar-refractivity contribution is 0.0657. The normalized spacial score (nSPS) is 15.3. The summed E-state index contributed by atoms with van der Waals surface area (Å²) in [6, 6.07) is 3.45. The average Bonchev–Trinajstić information content (AvgIpc) is 3.28. The summed E-state index contributed by atoms with van der Waals surface area (Å²) in [5.74, 6) is 1.22. The van der Waals surface area contributed by atoms with Crippen LogP contribution in [0.5, 0.6) is 0 Å². The van der Waals surface area contributed by atoms with Crippen LogP contribution in [-0.2, 0) is 13.6 Å². The minimum absolute atomic E-state index is 0.0526. The zero-order valence-electron chi connectivity index (χ0n) is 16.5. The third-order valence-electron chi connectivity index (χ3n) is 4.98. The minimum Gasteiger partial charge on any atom is -0.459 e. The van der Waals surface area contributed by atoms with Crippen molar-refractivity contribution in [3.05, 3.63) is 41.1 Å². The van der Waals surface area contributed by atoms with E-state index in [4.69, 9.17) is 9.41 Å². The lowest BCUT2D eigenvalue weighted by Crippen LogP contribution is -2.53. The number of aromatic nitrogens is 2. The first kappa shape index (κ1) is 19.0. The van der Waals surface area contributed by atoms with Gasteiger partial charge in [-0.2, -0.15) is 5.10 Å². The summed E-state index contributed by atoms with van der Waals surface area (Å²) >= 11 is 0. The largest absolute Gasteiger partial charge is 0.459 e. The van der Waals surface area contributed by atoms with Crippen LogP contribution in [0.3, 0.4) is 0 Å². The number of hydrogen-bond acceptors (Lipinski definition) is 4. The van der Waals surface area contributed by atoms with Gasteiger partial charge in [-0.1, -0.05) is 0 Å². The van der Waals surface area contributed by atoms with Crippen LogP contribution in [0.15, 0.2) is 27.8 Å². The fraction of sp³-hybridized carbons (Fsp3) is 0.526. The van der Waals surface area contributed by atoms with Gasteiger partial charge in [-0.3, -0.25) is 9.48 Å². The fourth-order valence-electron chi connectivity index (χ4n) is 3.30. The Balaban J connectivity index is 1.65. The van der Waals surface area contributed by atoms with Gasteiger partial charge >= 0.3 is 0 Å². The second-order valence-corrected chi connectivity index (χ2v) is 6.70. The van der Waals surface area contributed by atoms with E-state index in [2.05, 4.69) is 29.2 Å². The number of rotatable bonds is 4. The van der Waals surface area contributed by atoms with E-state index in [1.165, 1.54) is 11.8 Å². The van der Waals surface area contributed by atoms with E-state index in [-0.39, 0.29) is 5.91 Å². The third kappa shape index (κ3) is 4.15. The quantitative estimate of drug-likeness (QED) is 0.651.